The predicted molar refractivity (Wildman–Crippen MR) is 84.7 cm³/mol. The molecule has 3 nitrogen and oxygen atoms in total. The van der Waals surface area contributed by atoms with E-state index in [2.05, 4.69) is 22.1 Å². The summed E-state index contributed by atoms with van der Waals surface area (Å²) in [4.78, 5) is 6.44. The first-order valence-corrected chi connectivity index (χ1v) is 7.31. The van der Waals surface area contributed by atoms with E-state index >= 15 is 0 Å². The van der Waals surface area contributed by atoms with Gasteiger partial charge in [0.15, 0.2) is 0 Å². The molecule has 0 fully saturated rings. The number of hydrogen-bond acceptors (Lipinski definition) is 3. The van der Waals surface area contributed by atoms with Crippen LogP contribution >= 0.6 is 0 Å². The van der Waals surface area contributed by atoms with Gasteiger partial charge in [-0.3, -0.25) is 4.98 Å². The molecule has 0 amide bonds. The summed E-state index contributed by atoms with van der Waals surface area (Å²) in [6.45, 7) is 4.42. The largest absolute Gasteiger partial charge is 0.368 e. The summed E-state index contributed by atoms with van der Waals surface area (Å²) in [6.07, 6.45) is 2.85. The lowest BCUT2D eigenvalue weighted by atomic mass is 10.1. The van der Waals surface area contributed by atoms with Crippen LogP contribution in [0.25, 0.3) is 0 Å². The van der Waals surface area contributed by atoms with Crippen LogP contribution in [0.3, 0.4) is 0 Å². The fourth-order valence-electron chi connectivity index (χ4n) is 2.29. The minimum atomic E-state index is -0.196. The summed E-state index contributed by atoms with van der Waals surface area (Å²) in [5.41, 5.74) is 3.00. The zero-order valence-electron chi connectivity index (χ0n) is 12.6. The third-order valence-corrected chi connectivity index (χ3v) is 3.32. The molecule has 2 rings (SSSR count). The summed E-state index contributed by atoms with van der Waals surface area (Å²) in [5, 5.41) is 3.33. The van der Waals surface area contributed by atoms with Gasteiger partial charge in [-0.25, -0.2) is 4.39 Å². The molecule has 0 radical (unpaired) electrons. The highest BCUT2D eigenvalue weighted by Gasteiger charge is 2.09. The molecule has 0 spiro atoms. The summed E-state index contributed by atoms with van der Waals surface area (Å²) in [5.74, 6) is -0.196. The van der Waals surface area contributed by atoms with E-state index in [-0.39, 0.29) is 5.82 Å². The van der Waals surface area contributed by atoms with E-state index in [1.807, 2.05) is 31.3 Å². The van der Waals surface area contributed by atoms with Gasteiger partial charge in [0.25, 0.3) is 0 Å². The molecular formula is C17H22FN3. The maximum Gasteiger partial charge on any atom is 0.123 e. The number of hydrogen-bond donors (Lipinski definition) is 1. The van der Waals surface area contributed by atoms with E-state index in [0.29, 0.717) is 13.1 Å². The van der Waals surface area contributed by atoms with Crippen LogP contribution in [-0.2, 0) is 13.1 Å². The van der Waals surface area contributed by atoms with Gasteiger partial charge in [0.1, 0.15) is 5.82 Å². The van der Waals surface area contributed by atoms with Crippen LogP contribution in [0, 0.1) is 5.82 Å². The summed E-state index contributed by atoms with van der Waals surface area (Å²) in [6, 6.07) is 10.8. The average molecular weight is 287 g/mol. The van der Waals surface area contributed by atoms with E-state index in [9.17, 15) is 4.39 Å². The molecule has 0 bridgehead atoms. The highest BCUT2D eigenvalue weighted by molar-refractivity contribution is 5.53. The molecule has 0 atom stereocenters. The Bertz CT molecular complexity index is 557. The third-order valence-electron chi connectivity index (χ3n) is 3.32. The molecule has 0 aliphatic carbocycles. The van der Waals surface area contributed by atoms with Gasteiger partial charge in [0.2, 0.25) is 0 Å². The zero-order valence-corrected chi connectivity index (χ0v) is 12.6. The van der Waals surface area contributed by atoms with Gasteiger partial charge >= 0.3 is 0 Å². The molecule has 1 aromatic heterocycles. The monoisotopic (exact) mass is 287 g/mol. The Kier molecular flexibility index (Phi) is 5.69. The van der Waals surface area contributed by atoms with Gasteiger partial charge in [0, 0.05) is 25.5 Å². The Hall–Kier alpha value is -1.94. The van der Waals surface area contributed by atoms with Crippen LogP contribution < -0.4 is 10.2 Å². The van der Waals surface area contributed by atoms with Crippen molar-refractivity contribution in [2.24, 2.45) is 0 Å². The maximum absolute atomic E-state index is 13.5. The van der Waals surface area contributed by atoms with Gasteiger partial charge in [-0.2, -0.15) is 0 Å². The molecule has 21 heavy (non-hydrogen) atoms. The standard InChI is InChI=1S/C17H22FN3/c1-3-9-19-12-14-11-15(18)7-8-17(14)21(2)13-16-6-4-5-10-20-16/h4-8,10-11,19H,3,9,12-13H2,1-2H3. The van der Waals surface area contributed by atoms with Crippen LogP contribution in [0.1, 0.15) is 24.6 Å². The molecule has 0 saturated carbocycles. The molecule has 1 aromatic carbocycles. The maximum atomic E-state index is 13.5. The first kappa shape index (κ1) is 15.4. The number of anilines is 1. The van der Waals surface area contributed by atoms with E-state index in [4.69, 9.17) is 0 Å². The lowest BCUT2D eigenvalue weighted by molar-refractivity contribution is 0.618. The number of rotatable bonds is 7. The van der Waals surface area contributed by atoms with Gasteiger partial charge in [-0.15, -0.1) is 0 Å². The van der Waals surface area contributed by atoms with Crippen molar-refractivity contribution in [1.82, 2.24) is 10.3 Å². The highest BCUT2D eigenvalue weighted by Crippen LogP contribution is 2.22. The Balaban J connectivity index is 2.13. The van der Waals surface area contributed by atoms with Crippen LogP contribution in [0.2, 0.25) is 0 Å². The van der Waals surface area contributed by atoms with E-state index < -0.39 is 0 Å². The summed E-state index contributed by atoms with van der Waals surface area (Å²) < 4.78 is 13.5. The molecule has 0 aliphatic rings. The second kappa shape index (κ2) is 7.74. The van der Waals surface area contributed by atoms with Crippen molar-refractivity contribution in [2.75, 3.05) is 18.5 Å². The molecule has 0 unspecified atom stereocenters. The minimum absolute atomic E-state index is 0.196. The second-order valence-electron chi connectivity index (χ2n) is 5.13. The number of benzene rings is 1. The predicted octanol–water partition coefficient (Wildman–Crippen LogP) is 3.36. The number of halogens is 1. The molecule has 4 heteroatoms. The molecule has 0 saturated heterocycles. The van der Waals surface area contributed by atoms with Gasteiger partial charge < -0.3 is 10.2 Å². The van der Waals surface area contributed by atoms with Crippen molar-refractivity contribution < 1.29 is 4.39 Å². The van der Waals surface area contributed by atoms with E-state index in [1.54, 1.807) is 12.3 Å². The third kappa shape index (κ3) is 4.53. The Morgan fingerprint density at radius 2 is 2.10 bits per heavy atom. The lowest BCUT2D eigenvalue weighted by Gasteiger charge is -2.22. The van der Waals surface area contributed by atoms with Crippen LogP contribution in [0.15, 0.2) is 42.6 Å². The lowest BCUT2D eigenvalue weighted by Crippen LogP contribution is -2.21. The van der Waals surface area contributed by atoms with Crippen molar-refractivity contribution >= 4 is 5.69 Å². The first-order chi connectivity index (χ1) is 10.2. The SMILES string of the molecule is CCCNCc1cc(F)ccc1N(C)Cc1ccccn1. The Labute approximate surface area is 125 Å². The number of nitrogens with zero attached hydrogens (tertiary/aromatic N) is 2. The minimum Gasteiger partial charge on any atom is -0.368 e. The number of nitrogens with one attached hydrogen (secondary N) is 1. The average Bonchev–Trinajstić information content (AvgIpc) is 2.48. The fraction of sp³-hybridized carbons (Fsp3) is 0.353. The van der Waals surface area contributed by atoms with Crippen molar-refractivity contribution in [3.63, 3.8) is 0 Å². The van der Waals surface area contributed by atoms with Crippen LogP contribution in [0.5, 0.6) is 0 Å². The van der Waals surface area contributed by atoms with Crippen molar-refractivity contribution in [3.8, 4) is 0 Å². The molecule has 0 aliphatic heterocycles. The van der Waals surface area contributed by atoms with E-state index in [1.165, 1.54) is 6.07 Å². The fourth-order valence-corrected chi connectivity index (χ4v) is 2.29. The van der Waals surface area contributed by atoms with Crippen molar-refractivity contribution in [1.29, 1.82) is 0 Å². The van der Waals surface area contributed by atoms with Crippen LogP contribution in [0.4, 0.5) is 10.1 Å². The van der Waals surface area contributed by atoms with Crippen LogP contribution in [-0.4, -0.2) is 18.6 Å². The topological polar surface area (TPSA) is 28.2 Å². The molecule has 112 valence electrons. The van der Waals surface area contributed by atoms with Crippen molar-refractivity contribution in [3.05, 3.63) is 59.7 Å². The zero-order chi connectivity index (χ0) is 15.1. The highest BCUT2D eigenvalue weighted by atomic mass is 19.1. The summed E-state index contributed by atoms with van der Waals surface area (Å²) in [7, 11) is 2.01. The molecule has 1 heterocycles. The first-order valence-electron chi connectivity index (χ1n) is 7.31. The number of pyridine rings is 1. The molecular weight excluding hydrogens is 265 g/mol. The Morgan fingerprint density at radius 1 is 1.24 bits per heavy atom. The molecule has 1 N–H and O–H groups in total. The number of aromatic nitrogens is 1. The van der Waals surface area contributed by atoms with Gasteiger partial charge in [-0.05, 0) is 48.9 Å². The van der Waals surface area contributed by atoms with E-state index in [0.717, 1.165) is 29.9 Å². The quantitative estimate of drug-likeness (QED) is 0.792. The Morgan fingerprint density at radius 3 is 2.81 bits per heavy atom. The van der Waals surface area contributed by atoms with Crippen molar-refractivity contribution in [2.45, 2.75) is 26.4 Å². The van der Waals surface area contributed by atoms with Gasteiger partial charge in [0.05, 0.1) is 12.2 Å². The second-order valence-corrected chi connectivity index (χ2v) is 5.13. The smallest absolute Gasteiger partial charge is 0.123 e. The molecule has 2 aromatic rings. The summed E-state index contributed by atoms with van der Waals surface area (Å²) >= 11 is 0. The van der Waals surface area contributed by atoms with Gasteiger partial charge in [-0.1, -0.05) is 13.0 Å². The normalized spacial score (nSPS) is 10.6.